The molecule has 4 aromatic rings. The first-order valence-corrected chi connectivity index (χ1v) is 19.1. The molecule has 10 nitrogen and oxygen atoms in total. The van der Waals surface area contributed by atoms with Crippen molar-refractivity contribution < 1.29 is 30.5 Å². The number of thiophene rings is 1. The minimum absolute atomic E-state index is 0.199. The van der Waals surface area contributed by atoms with Gasteiger partial charge >= 0.3 is 231 Å². The van der Waals surface area contributed by atoms with Crippen LogP contribution in [0, 0.1) is 0 Å². The van der Waals surface area contributed by atoms with E-state index >= 15 is 0 Å². The average Bonchev–Trinajstić information content (AvgIpc) is 3.62. The number of allylic oxidation sites excluding steroid dienone is 1. The molecular weight excluding hydrogens is 682 g/mol. The van der Waals surface area contributed by atoms with Crippen molar-refractivity contribution in [3.63, 3.8) is 0 Å². The molecule has 5 rings (SSSR count). The molecule has 0 unspecified atom stereocenters. The number of thioether (sulfide) groups is 1. The molecule has 1 aliphatic heterocycles. The van der Waals surface area contributed by atoms with Crippen molar-refractivity contribution in [2.24, 2.45) is 0 Å². The van der Waals surface area contributed by atoms with Gasteiger partial charge in [-0.2, -0.15) is 0 Å². The second-order valence-electron chi connectivity index (χ2n) is 8.47. The number of fused-ring (bicyclic) bond motifs is 1. The maximum absolute atomic E-state index is 13.2. The minimum atomic E-state index is -4.35. The van der Waals surface area contributed by atoms with Crippen LogP contribution in [-0.2, 0) is 32.7 Å². The molecule has 0 amide bonds. The van der Waals surface area contributed by atoms with Gasteiger partial charge < -0.3 is 0 Å². The summed E-state index contributed by atoms with van der Waals surface area (Å²) >= 11 is 3.83. The predicted molar refractivity (Wildman–Crippen MR) is 160 cm³/mol. The first-order valence-electron chi connectivity index (χ1n) is 11.6. The summed E-state index contributed by atoms with van der Waals surface area (Å²) in [5.41, 5.74) is 1.90. The van der Waals surface area contributed by atoms with Gasteiger partial charge in [0, 0.05) is 0 Å². The average molecular weight is 704 g/mol. The van der Waals surface area contributed by atoms with Gasteiger partial charge in [0.1, 0.15) is 0 Å². The molecule has 1 aliphatic rings. The summed E-state index contributed by atoms with van der Waals surface area (Å²) in [4.78, 5) is 14.7. The number of benzene rings is 1. The van der Waals surface area contributed by atoms with Crippen LogP contribution in [0.3, 0.4) is 0 Å². The summed E-state index contributed by atoms with van der Waals surface area (Å²) in [7, 11) is -8.63. The number of hydrogen-bond donors (Lipinski definition) is 2. The van der Waals surface area contributed by atoms with Crippen molar-refractivity contribution in [1.29, 1.82) is 0 Å². The second-order valence-corrected chi connectivity index (χ2v) is 16.9. The third-order valence-corrected chi connectivity index (χ3v) is 12.6. The summed E-state index contributed by atoms with van der Waals surface area (Å²) in [6, 6.07) is 11.0. The molecule has 3 aromatic heterocycles. The van der Waals surface area contributed by atoms with Gasteiger partial charge in [0.05, 0.1) is 0 Å². The van der Waals surface area contributed by atoms with E-state index in [1.54, 1.807) is 32.8 Å². The fraction of sp³-hybridized carbons (Fsp3) is 0.167. The summed E-state index contributed by atoms with van der Waals surface area (Å²) < 4.78 is 72.0. The van der Waals surface area contributed by atoms with Crippen LogP contribution in [0.25, 0.3) is 26.9 Å². The molecule has 1 aromatic carbocycles. The molecule has 0 aliphatic carbocycles. The predicted octanol–water partition coefficient (Wildman–Crippen LogP) is 1.68. The number of aromatic nitrogens is 2. The van der Waals surface area contributed by atoms with Gasteiger partial charge in [-0.3, -0.25) is 0 Å². The Morgan fingerprint density at radius 2 is 1.80 bits per heavy atom. The number of nitrogens with zero attached hydrogens (tertiary/aromatic N) is 3. The molecule has 0 bridgehead atoms. The van der Waals surface area contributed by atoms with E-state index in [2.05, 4.69) is 0 Å². The fourth-order valence-electron chi connectivity index (χ4n) is 4.07. The first-order chi connectivity index (χ1) is 18.9. The van der Waals surface area contributed by atoms with E-state index in [4.69, 9.17) is 0 Å². The van der Waals surface area contributed by atoms with Crippen molar-refractivity contribution in [3.8, 4) is 0 Å². The van der Waals surface area contributed by atoms with Crippen molar-refractivity contribution in [1.82, 2.24) is 9.47 Å². The van der Waals surface area contributed by atoms with E-state index in [9.17, 15) is 30.7 Å². The van der Waals surface area contributed by atoms with Gasteiger partial charge in [-0.1, -0.05) is 18.2 Å². The van der Waals surface area contributed by atoms with E-state index in [-0.39, 0.29) is 20.1 Å². The third-order valence-electron chi connectivity index (χ3n) is 5.74. The second kappa shape index (κ2) is 11.5. The van der Waals surface area contributed by atoms with Crippen molar-refractivity contribution >= 4 is 96.1 Å². The monoisotopic (exact) mass is 704 g/mol. The molecule has 0 atom stereocenters. The van der Waals surface area contributed by atoms with Crippen LogP contribution in [0.4, 0.5) is 0 Å². The zero-order valence-corrected chi connectivity index (χ0v) is 26.5. The van der Waals surface area contributed by atoms with Crippen LogP contribution in [-0.4, -0.2) is 55.8 Å². The van der Waals surface area contributed by atoms with E-state index < -0.39 is 32.0 Å². The molecule has 0 radical (unpaired) electrons. The Morgan fingerprint density at radius 1 is 1.05 bits per heavy atom. The zero-order valence-electron chi connectivity index (χ0n) is 20.7. The zero-order chi connectivity index (χ0) is 28.7. The number of thiazole rings is 1. The van der Waals surface area contributed by atoms with E-state index in [1.807, 2.05) is 48.7 Å². The Bertz CT molecular complexity index is 2050. The van der Waals surface area contributed by atoms with E-state index in [0.717, 1.165) is 14.7 Å². The van der Waals surface area contributed by atoms with Crippen LogP contribution in [0.1, 0.15) is 17.1 Å². The standard InChI is InChI=1S/C24H21N3O7S5Se/c1-2-25-21(12-22-27(15-39(32,33)34)17-10-11-35-24(17)40-22)37-19(23(25)28)8-9-20-26(14-38(29,30)31)18(13-36-20)16-6-4-3-5-7-16/h3-13H,2,14-15H2,1H3,(H-,29,30,31,32,33,34)/p+1/b19-8+,20-9-. The van der Waals surface area contributed by atoms with Gasteiger partial charge in [-0.25, -0.2) is 0 Å². The van der Waals surface area contributed by atoms with Crippen LogP contribution in [0.15, 0.2) is 63.1 Å². The van der Waals surface area contributed by atoms with Crippen molar-refractivity contribution in [3.05, 3.63) is 88.0 Å². The topological polar surface area (TPSA) is 138 Å². The molecule has 40 heavy (non-hydrogen) atoms. The summed E-state index contributed by atoms with van der Waals surface area (Å²) in [6.07, 6.45) is 5.06. The van der Waals surface area contributed by atoms with Gasteiger partial charge in [0.2, 0.25) is 0 Å². The summed E-state index contributed by atoms with van der Waals surface area (Å²) in [6.45, 7) is 2.22. The van der Waals surface area contributed by atoms with Crippen LogP contribution in [0.2, 0.25) is 0 Å². The van der Waals surface area contributed by atoms with Crippen LogP contribution in [0.5, 0.6) is 0 Å². The Labute approximate surface area is 247 Å². The summed E-state index contributed by atoms with van der Waals surface area (Å²) in [5, 5.41) is 4.19. The normalized spacial score (nSPS) is 16.5. The third kappa shape index (κ3) is 6.45. The van der Waals surface area contributed by atoms with E-state index in [0.29, 0.717) is 31.0 Å². The van der Waals surface area contributed by atoms with Crippen molar-refractivity contribution in [2.75, 3.05) is 5.88 Å². The SMILES string of the molecule is CCn1c(=Cc2[se]c3sccc3[n+]2CS(=O)(=O)O)s/c(=C/C=C2\SC=C(c3ccccc3)N2CS(=O)(=O)O)c1=O. The molecule has 0 fully saturated rings. The molecule has 0 saturated heterocycles. The van der Waals surface area contributed by atoms with Crippen LogP contribution >= 0.6 is 34.4 Å². The van der Waals surface area contributed by atoms with E-state index in [1.165, 1.54) is 39.3 Å². The Balaban J connectivity index is 1.58. The maximum atomic E-state index is 13.2. The van der Waals surface area contributed by atoms with Gasteiger partial charge in [-0.05, 0) is 0 Å². The Hall–Kier alpha value is -2.27. The van der Waals surface area contributed by atoms with Gasteiger partial charge in [0.15, 0.2) is 0 Å². The number of rotatable bonds is 8. The van der Waals surface area contributed by atoms with Gasteiger partial charge in [-0.15, -0.1) is 0 Å². The molecule has 0 saturated carbocycles. The summed E-state index contributed by atoms with van der Waals surface area (Å²) in [5.74, 6) is -1.22. The fourth-order valence-corrected chi connectivity index (χ4v) is 11.4. The molecule has 0 spiro atoms. The first kappa shape index (κ1) is 29.2. The number of hydrogen-bond acceptors (Lipinski definition) is 9. The molecule has 16 heteroatoms. The molecule has 4 heterocycles. The van der Waals surface area contributed by atoms with Crippen molar-refractivity contribution in [2.45, 2.75) is 19.3 Å². The van der Waals surface area contributed by atoms with Crippen LogP contribution < -0.4 is 19.3 Å². The Morgan fingerprint density at radius 3 is 2.48 bits per heavy atom. The molecule has 210 valence electrons. The molecule has 2 N–H and O–H groups in total. The van der Waals surface area contributed by atoms with Gasteiger partial charge in [0.25, 0.3) is 0 Å². The Kier molecular flexibility index (Phi) is 8.44. The quantitative estimate of drug-likeness (QED) is 0.160. The molecular formula is C24H22N3O7S5Se+.